The van der Waals surface area contributed by atoms with Gasteiger partial charge in [-0.2, -0.15) is 5.26 Å². The molecule has 0 fully saturated rings. The molecular weight excluding hydrogens is 256 g/mol. The van der Waals surface area contributed by atoms with Crippen LogP contribution in [0.5, 0.6) is 0 Å². The van der Waals surface area contributed by atoms with Gasteiger partial charge >= 0.3 is 6.09 Å². The molecule has 1 rings (SSSR count). The second kappa shape index (κ2) is 7.34. The highest BCUT2D eigenvalue weighted by Crippen LogP contribution is 2.06. The van der Waals surface area contributed by atoms with Crippen LogP contribution >= 0.6 is 0 Å². The third-order valence-electron chi connectivity index (χ3n) is 2.22. The van der Waals surface area contributed by atoms with Gasteiger partial charge in [0.15, 0.2) is 0 Å². The molecule has 0 radical (unpaired) electrons. The van der Waals surface area contributed by atoms with Crippen LogP contribution < -0.4 is 10.6 Å². The molecule has 1 aromatic heterocycles. The van der Waals surface area contributed by atoms with E-state index in [-0.39, 0.29) is 0 Å². The van der Waals surface area contributed by atoms with Crippen LogP contribution in [0.1, 0.15) is 32.8 Å². The number of nitrogens with one attached hydrogen (secondary N) is 2. The van der Waals surface area contributed by atoms with E-state index in [0.717, 1.165) is 6.42 Å². The lowest BCUT2D eigenvalue weighted by Gasteiger charge is -2.19. The standard InChI is InChI=1S/C14H20N4O2/c1-14(2,3)20-13(19)18-7-4-6-16-12-9-11(10-15)5-8-17-12/h5,8-9H,4,6-7H2,1-3H3,(H,16,17)(H,18,19). The zero-order valence-electron chi connectivity index (χ0n) is 12.1. The van der Waals surface area contributed by atoms with Crippen molar-refractivity contribution in [1.82, 2.24) is 10.3 Å². The Balaban J connectivity index is 2.19. The molecule has 0 unspecified atom stereocenters. The topological polar surface area (TPSA) is 87.0 Å². The molecule has 2 N–H and O–H groups in total. The van der Waals surface area contributed by atoms with E-state index in [0.29, 0.717) is 24.5 Å². The molecular formula is C14H20N4O2. The van der Waals surface area contributed by atoms with E-state index in [1.54, 1.807) is 18.3 Å². The number of amides is 1. The summed E-state index contributed by atoms with van der Waals surface area (Å²) in [6.45, 7) is 6.63. The predicted molar refractivity (Wildman–Crippen MR) is 76.3 cm³/mol. The number of rotatable bonds is 5. The van der Waals surface area contributed by atoms with Crippen molar-refractivity contribution in [2.75, 3.05) is 18.4 Å². The van der Waals surface area contributed by atoms with E-state index >= 15 is 0 Å². The Morgan fingerprint density at radius 1 is 1.45 bits per heavy atom. The molecule has 0 saturated heterocycles. The van der Waals surface area contributed by atoms with Gasteiger partial charge in [-0.1, -0.05) is 0 Å². The van der Waals surface area contributed by atoms with Crippen LogP contribution in [0.3, 0.4) is 0 Å². The van der Waals surface area contributed by atoms with Gasteiger partial charge in [-0.05, 0) is 39.3 Å². The van der Waals surface area contributed by atoms with Crippen LogP contribution in [0.15, 0.2) is 18.3 Å². The Bertz CT molecular complexity index is 489. The SMILES string of the molecule is CC(C)(C)OC(=O)NCCCNc1cc(C#N)ccn1. The second-order valence-electron chi connectivity index (χ2n) is 5.25. The third kappa shape index (κ3) is 6.59. The molecule has 0 saturated carbocycles. The average molecular weight is 276 g/mol. The number of alkyl carbamates (subject to hydrolysis) is 1. The highest BCUT2D eigenvalue weighted by molar-refractivity contribution is 5.67. The smallest absolute Gasteiger partial charge is 0.407 e. The summed E-state index contributed by atoms with van der Waals surface area (Å²) in [4.78, 5) is 15.5. The highest BCUT2D eigenvalue weighted by Gasteiger charge is 2.15. The van der Waals surface area contributed by atoms with Gasteiger partial charge in [0.2, 0.25) is 0 Å². The number of pyridine rings is 1. The van der Waals surface area contributed by atoms with E-state index < -0.39 is 11.7 Å². The number of hydrogen-bond donors (Lipinski definition) is 2. The molecule has 1 heterocycles. The number of nitriles is 1. The lowest BCUT2D eigenvalue weighted by atomic mass is 10.2. The Hall–Kier alpha value is -2.29. The van der Waals surface area contributed by atoms with Gasteiger partial charge in [-0.15, -0.1) is 0 Å². The molecule has 0 aliphatic rings. The number of ether oxygens (including phenoxy) is 1. The maximum Gasteiger partial charge on any atom is 0.407 e. The minimum Gasteiger partial charge on any atom is -0.444 e. The number of nitrogens with zero attached hydrogens (tertiary/aromatic N) is 2. The molecule has 6 nitrogen and oxygen atoms in total. The second-order valence-corrected chi connectivity index (χ2v) is 5.25. The van der Waals surface area contributed by atoms with E-state index in [1.165, 1.54) is 0 Å². The molecule has 108 valence electrons. The van der Waals surface area contributed by atoms with Crippen LogP contribution in [0.25, 0.3) is 0 Å². The molecule has 0 aromatic carbocycles. The Kier molecular flexibility index (Phi) is 5.78. The van der Waals surface area contributed by atoms with Crippen molar-refractivity contribution < 1.29 is 9.53 Å². The molecule has 6 heteroatoms. The van der Waals surface area contributed by atoms with Gasteiger partial charge < -0.3 is 15.4 Å². The largest absolute Gasteiger partial charge is 0.444 e. The van der Waals surface area contributed by atoms with Crippen molar-refractivity contribution in [2.24, 2.45) is 0 Å². The van der Waals surface area contributed by atoms with Crippen molar-refractivity contribution >= 4 is 11.9 Å². The summed E-state index contributed by atoms with van der Waals surface area (Å²) in [6.07, 6.45) is 1.90. The van der Waals surface area contributed by atoms with Gasteiger partial charge in [-0.25, -0.2) is 9.78 Å². The summed E-state index contributed by atoms with van der Waals surface area (Å²) in [5.41, 5.74) is 0.0821. The number of carbonyl (C=O) groups excluding carboxylic acids is 1. The van der Waals surface area contributed by atoms with Gasteiger partial charge in [0.25, 0.3) is 0 Å². The van der Waals surface area contributed by atoms with Crippen LogP contribution in [0, 0.1) is 11.3 Å². The summed E-state index contributed by atoms with van der Waals surface area (Å²) in [6, 6.07) is 5.38. The lowest BCUT2D eigenvalue weighted by molar-refractivity contribution is 0.0528. The normalized spacial score (nSPS) is 10.5. The minimum absolute atomic E-state index is 0.415. The maximum absolute atomic E-state index is 11.4. The predicted octanol–water partition coefficient (Wildman–Crippen LogP) is 2.28. The zero-order chi connectivity index (χ0) is 15.0. The lowest BCUT2D eigenvalue weighted by Crippen LogP contribution is -2.33. The summed E-state index contributed by atoms with van der Waals surface area (Å²) in [5.74, 6) is 0.654. The molecule has 0 aliphatic carbocycles. The first-order chi connectivity index (χ1) is 9.40. The fourth-order valence-electron chi connectivity index (χ4n) is 1.41. The van der Waals surface area contributed by atoms with Crippen molar-refractivity contribution in [1.29, 1.82) is 5.26 Å². The maximum atomic E-state index is 11.4. The van der Waals surface area contributed by atoms with Crippen LogP contribution in [-0.4, -0.2) is 29.8 Å². The first-order valence-corrected chi connectivity index (χ1v) is 6.47. The van der Waals surface area contributed by atoms with Crippen LogP contribution in [-0.2, 0) is 4.74 Å². The molecule has 0 aliphatic heterocycles. The molecule has 1 amide bonds. The minimum atomic E-state index is -0.482. The number of anilines is 1. The Labute approximate surface area is 119 Å². The van der Waals surface area contributed by atoms with Gasteiger partial charge in [0, 0.05) is 19.3 Å². The summed E-state index contributed by atoms with van der Waals surface area (Å²) < 4.78 is 5.11. The van der Waals surface area contributed by atoms with Gasteiger partial charge in [0.1, 0.15) is 11.4 Å². The van der Waals surface area contributed by atoms with Crippen LogP contribution in [0.4, 0.5) is 10.6 Å². The first-order valence-electron chi connectivity index (χ1n) is 6.47. The van der Waals surface area contributed by atoms with Crippen molar-refractivity contribution in [3.63, 3.8) is 0 Å². The Morgan fingerprint density at radius 2 is 2.20 bits per heavy atom. The van der Waals surface area contributed by atoms with E-state index in [1.807, 2.05) is 20.8 Å². The third-order valence-corrected chi connectivity index (χ3v) is 2.22. The molecule has 0 bridgehead atoms. The van der Waals surface area contributed by atoms with E-state index in [9.17, 15) is 4.79 Å². The van der Waals surface area contributed by atoms with E-state index in [2.05, 4.69) is 21.7 Å². The van der Waals surface area contributed by atoms with E-state index in [4.69, 9.17) is 10.00 Å². The monoisotopic (exact) mass is 276 g/mol. The Morgan fingerprint density at radius 3 is 2.85 bits per heavy atom. The molecule has 0 atom stereocenters. The quantitative estimate of drug-likeness (QED) is 0.806. The molecule has 1 aromatic rings. The average Bonchev–Trinajstić information content (AvgIpc) is 2.36. The fourth-order valence-corrected chi connectivity index (χ4v) is 1.41. The summed E-state index contributed by atoms with van der Waals surface area (Å²) in [5, 5.41) is 14.5. The number of hydrogen-bond acceptors (Lipinski definition) is 5. The van der Waals surface area contributed by atoms with Crippen molar-refractivity contribution in [3.05, 3.63) is 23.9 Å². The summed E-state index contributed by atoms with van der Waals surface area (Å²) >= 11 is 0. The summed E-state index contributed by atoms with van der Waals surface area (Å²) in [7, 11) is 0. The first kappa shape index (κ1) is 15.8. The fraction of sp³-hybridized carbons (Fsp3) is 0.500. The number of carbonyl (C=O) groups is 1. The highest BCUT2D eigenvalue weighted by atomic mass is 16.6. The van der Waals surface area contributed by atoms with Crippen molar-refractivity contribution in [3.8, 4) is 6.07 Å². The van der Waals surface area contributed by atoms with Crippen molar-refractivity contribution in [2.45, 2.75) is 32.8 Å². The zero-order valence-corrected chi connectivity index (χ0v) is 12.1. The van der Waals surface area contributed by atoms with Gasteiger partial charge in [0.05, 0.1) is 11.6 Å². The van der Waals surface area contributed by atoms with Crippen LogP contribution in [0.2, 0.25) is 0 Å². The van der Waals surface area contributed by atoms with Gasteiger partial charge in [-0.3, -0.25) is 0 Å². The molecule has 20 heavy (non-hydrogen) atoms. The molecule has 0 spiro atoms. The number of aromatic nitrogens is 1.